The minimum atomic E-state index is -4.19. The second-order valence-corrected chi connectivity index (χ2v) is 5.46. The highest BCUT2D eigenvalue weighted by atomic mass is 32.1. The summed E-state index contributed by atoms with van der Waals surface area (Å²) in [5.41, 5.74) is 0. The lowest BCUT2D eigenvalue weighted by atomic mass is 10.2. The lowest BCUT2D eigenvalue weighted by Crippen LogP contribution is -2.49. The summed E-state index contributed by atoms with van der Waals surface area (Å²) in [5, 5.41) is 3.57. The van der Waals surface area contributed by atoms with Crippen molar-refractivity contribution in [2.75, 3.05) is 24.5 Å². The minimum absolute atomic E-state index is 0.0273. The second kappa shape index (κ2) is 4.86. The van der Waals surface area contributed by atoms with E-state index in [1.54, 1.807) is 6.07 Å². The van der Waals surface area contributed by atoms with Crippen LogP contribution >= 0.6 is 11.3 Å². The first-order chi connectivity index (χ1) is 7.98. The summed E-state index contributed by atoms with van der Waals surface area (Å²) >= 11 is 1.42. The van der Waals surface area contributed by atoms with E-state index >= 15 is 0 Å². The van der Waals surface area contributed by atoms with Gasteiger partial charge in [-0.15, -0.1) is 11.3 Å². The first kappa shape index (κ1) is 12.7. The Kier molecular flexibility index (Phi) is 3.63. The number of anilines is 1. The molecule has 1 aliphatic heterocycles. The fraction of sp³-hybridized carbons (Fsp3) is 0.636. The molecule has 0 spiro atoms. The van der Waals surface area contributed by atoms with Gasteiger partial charge in [0.1, 0.15) is 6.04 Å². The molecule has 0 bridgehead atoms. The molecule has 1 aromatic heterocycles. The summed E-state index contributed by atoms with van der Waals surface area (Å²) in [4.78, 5) is 2.52. The van der Waals surface area contributed by atoms with Crippen molar-refractivity contribution >= 4 is 16.3 Å². The van der Waals surface area contributed by atoms with Crippen molar-refractivity contribution in [2.45, 2.75) is 25.6 Å². The third-order valence-electron chi connectivity index (χ3n) is 2.85. The number of nitrogens with zero attached hydrogens (tertiary/aromatic N) is 1. The molecule has 1 fully saturated rings. The smallest absolute Gasteiger partial charge is 0.350 e. The van der Waals surface area contributed by atoms with Gasteiger partial charge in [-0.05, 0) is 32.0 Å². The highest BCUT2D eigenvalue weighted by molar-refractivity contribution is 7.16. The summed E-state index contributed by atoms with van der Waals surface area (Å²) in [5.74, 6) is 0. The van der Waals surface area contributed by atoms with Crippen LogP contribution in [0.25, 0.3) is 0 Å². The first-order valence-electron chi connectivity index (χ1n) is 5.59. The molecule has 1 unspecified atom stereocenters. The predicted octanol–water partition coefficient (Wildman–Crippen LogP) is 2.79. The zero-order valence-electron chi connectivity index (χ0n) is 9.55. The van der Waals surface area contributed by atoms with E-state index in [9.17, 15) is 13.2 Å². The molecular formula is C11H15F3N2S. The number of hydrogen-bond acceptors (Lipinski definition) is 3. The molecule has 1 atom stereocenters. The van der Waals surface area contributed by atoms with Crippen molar-refractivity contribution in [3.05, 3.63) is 17.0 Å². The molecule has 0 saturated carbocycles. The van der Waals surface area contributed by atoms with Crippen LogP contribution in [0.5, 0.6) is 0 Å². The quantitative estimate of drug-likeness (QED) is 0.839. The highest BCUT2D eigenvalue weighted by Gasteiger charge is 2.44. The molecule has 1 aromatic rings. The van der Waals surface area contributed by atoms with Crippen LogP contribution in [-0.4, -0.2) is 31.9 Å². The van der Waals surface area contributed by atoms with Gasteiger partial charge in [-0.3, -0.25) is 0 Å². The Hall–Kier alpha value is -0.750. The molecular weight excluding hydrogens is 249 g/mol. The van der Waals surface area contributed by atoms with Crippen molar-refractivity contribution in [1.29, 1.82) is 0 Å². The minimum Gasteiger partial charge on any atom is -0.350 e. The summed E-state index contributed by atoms with van der Waals surface area (Å²) in [6.45, 7) is 2.98. The summed E-state index contributed by atoms with van der Waals surface area (Å²) in [7, 11) is 0. The van der Waals surface area contributed by atoms with E-state index in [1.807, 2.05) is 13.0 Å². The molecule has 96 valence electrons. The number of hydrogen-bond donors (Lipinski definition) is 1. The largest absolute Gasteiger partial charge is 0.410 e. The predicted molar refractivity (Wildman–Crippen MR) is 63.7 cm³/mol. The molecule has 1 N–H and O–H groups in total. The summed E-state index contributed by atoms with van der Waals surface area (Å²) < 4.78 is 39.0. The Morgan fingerprint density at radius 1 is 1.41 bits per heavy atom. The Balaban J connectivity index is 2.26. The number of rotatable bonds is 1. The molecule has 0 aliphatic carbocycles. The zero-order chi connectivity index (χ0) is 12.5. The maximum atomic E-state index is 13.0. The van der Waals surface area contributed by atoms with E-state index < -0.39 is 12.2 Å². The molecule has 0 amide bonds. The van der Waals surface area contributed by atoms with Crippen LogP contribution in [0.2, 0.25) is 0 Å². The highest BCUT2D eigenvalue weighted by Crippen LogP contribution is 2.33. The Morgan fingerprint density at radius 2 is 2.18 bits per heavy atom. The molecule has 6 heteroatoms. The topological polar surface area (TPSA) is 15.3 Å². The second-order valence-electron chi connectivity index (χ2n) is 4.19. The molecule has 1 saturated heterocycles. The average Bonchev–Trinajstić information content (AvgIpc) is 2.52. The third kappa shape index (κ3) is 2.93. The van der Waals surface area contributed by atoms with E-state index in [2.05, 4.69) is 5.32 Å². The van der Waals surface area contributed by atoms with E-state index in [1.165, 1.54) is 16.2 Å². The SMILES string of the molecule is Cc1ccc(N2CCCNCC2C(F)(F)F)s1. The number of aryl methyl sites for hydroxylation is 1. The van der Waals surface area contributed by atoms with Crippen molar-refractivity contribution in [3.8, 4) is 0 Å². The van der Waals surface area contributed by atoms with Gasteiger partial charge in [-0.25, -0.2) is 0 Å². The molecule has 0 radical (unpaired) electrons. The Labute approximate surface area is 102 Å². The molecule has 1 aliphatic rings. The first-order valence-corrected chi connectivity index (χ1v) is 6.40. The number of nitrogens with one attached hydrogen (secondary N) is 1. The summed E-state index contributed by atoms with van der Waals surface area (Å²) in [6, 6.07) is 2.23. The van der Waals surface area contributed by atoms with Crippen LogP contribution < -0.4 is 10.2 Å². The van der Waals surface area contributed by atoms with Gasteiger partial charge in [0.05, 0.1) is 5.00 Å². The van der Waals surface area contributed by atoms with Gasteiger partial charge in [-0.2, -0.15) is 13.2 Å². The monoisotopic (exact) mass is 264 g/mol. The van der Waals surface area contributed by atoms with Crippen LogP contribution in [0, 0.1) is 6.92 Å². The van der Waals surface area contributed by atoms with Gasteiger partial charge in [-0.1, -0.05) is 0 Å². The molecule has 17 heavy (non-hydrogen) atoms. The van der Waals surface area contributed by atoms with E-state index in [0.29, 0.717) is 18.1 Å². The number of alkyl halides is 3. The van der Waals surface area contributed by atoms with Crippen molar-refractivity contribution in [1.82, 2.24) is 5.32 Å². The fourth-order valence-corrected chi connectivity index (χ4v) is 2.95. The Morgan fingerprint density at radius 3 is 2.76 bits per heavy atom. The van der Waals surface area contributed by atoms with Gasteiger partial charge < -0.3 is 10.2 Å². The molecule has 0 aromatic carbocycles. The van der Waals surface area contributed by atoms with Crippen molar-refractivity contribution in [3.63, 3.8) is 0 Å². The molecule has 2 rings (SSSR count). The van der Waals surface area contributed by atoms with Gasteiger partial charge in [0.25, 0.3) is 0 Å². The van der Waals surface area contributed by atoms with Crippen molar-refractivity contribution < 1.29 is 13.2 Å². The molecule has 2 heterocycles. The third-order valence-corrected chi connectivity index (χ3v) is 3.89. The summed E-state index contributed by atoms with van der Waals surface area (Å²) in [6.07, 6.45) is -3.45. The van der Waals surface area contributed by atoms with Crippen LogP contribution in [0.3, 0.4) is 0 Å². The van der Waals surface area contributed by atoms with Crippen LogP contribution in [-0.2, 0) is 0 Å². The van der Waals surface area contributed by atoms with Crippen LogP contribution in [0.15, 0.2) is 12.1 Å². The maximum absolute atomic E-state index is 13.0. The van der Waals surface area contributed by atoms with E-state index in [0.717, 1.165) is 11.3 Å². The maximum Gasteiger partial charge on any atom is 0.410 e. The van der Waals surface area contributed by atoms with Crippen molar-refractivity contribution in [2.24, 2.45) is 0 Å². The van der Waals surface area contributed by atoms with Gasteiger partial charge in [0.15, 0.2) is 0 Å². The lowest BCUT2D eigenvalue weighted by molar-refractivity contribution is -0.146. The zero-order valence-corrected chi connectivity index (χ0v) is 10.4. The number of halogens is 3. The normalized spacial score (nSPS) is 22.6. The van der Waals surface area contributed by atoms with Crippen LogP contribution in [0.4, 0.5) is 18.2 Å². The lowest BCUT2D eigenvalue weighted by Gasteiger charge is -2.31. The standard InChI is InChI=1S/C11H15F3N2S/c1-8-3-4-10(17-8)16-6-2-5-15-7-9(16)11(12,13)14/h3-4,9,15H,2,5-7H2,1H3. The van der Waals surface area contributed by atoms with E-state index in [4.69, 9.17) is 0 Å². The number of thiophene rings is 1. The van der Waals surface area contributed by atoms with E-state index in [-0.39, 0.29) is 6.54 Å². The average molecular weight is 264 g/mol. The van der Waals surface area contributed by atoms with Gasteiger partial charge in [0.2, 0.25) is 0 Å². The van der Waals surface area contributed by atoms with Gasteiger partial charge in [0, 0.05) is 18.0 Å². The fourth-order valence-electron chi connectivity index (χ4n) is 2.01. The molecule has 2 nitrogen and oxygen atoms in total. The van der Waals surface area contributed by atoms with Crippen LogP contribution in [0.1, 0.15) is 11.3 Å². The Bertz CT molecular complexity index is 375. The van der Waals surface area contributed by atoms with Gasteiger partial charge >= 0.3 is 6.18 Å².